The Bertz CT molecular complexity index is 677. The minimum absolute atomic E-state index is 0.00361. The molecule has 1 aromatic carbocycles. The van der Waals surface area contributed by atoms with Gasteiger partial charge in [0, 0.05) is 17.0 Å². The van der Waals surface area contributed by atoms with Crippen molar-refractivity contribution < 1.29 is 13.2 Å². The van der Waals surface area contributed by atoms with Gasteiger partial charge in [-0.15, -0.1) is 0 Å². The van der Waals surface area contributed by atoms with Crippen molar-refractivity contribution in [1.29, 1.82) is 0 Å². The van der Waals surface area contributed by atoms with E-state index in [1.54, 1.807) is 24.3 Å². The van der Waals surface area contributed by atoms with Crippen LogP contribution in [0, 0.1) is 0 Å². The molecular weight excluding hydrogens is 238 g/mol. The molecule has 4 nitrogen and oxygen atoms in total. The van der Waals surface area contributed by atoms with Gasteiger partial charge in [0.05, 0.1) is 7.11 Å². The Hall–Kier alpha value is -1.88. The fourth-order valence-corrected chi connectivity index (χ4v) is 2.40. The molecule has 2 rings (SSSR count). The van der Waals surface area contributed by atoms with Gasteiger partial charge >= 0.3 is 0 Å². The SMILES string of the molecule is C=CS(=O)(=O)c1nccc2ccc(OC)cc12. The molecule has 5 heteroatoms. The molecule has 1 heterocycles. The molecule has 2 aromatic rings. The maximum Gasteiger partial charge on any atom is 0.217 e. The first-order valence-corrected chi connectivity index (χ1v) is 6.43. The zero-order chi connectivity index (χ0) is 12.5. The van der Waals surface area contributed by atoms with Crippen molar-refractivity contribution in [3.05, 3.63) is 42.4 Å². The summed E-state index contributed by atoms with van der Waals surface area (Å²) in [7, 11) is -2.03. The summed E-state index contributed by atoms with van der Waals surface area (Å²) < 4.78 is 28.7. The maximum atomic E-state index is 11.8. The molecule has 88 valence electrons. The van der Waals surface area contributed by atoms with E-state index in [-0.39, 0.29) is 5.03 Å². The van der Waals surface area contributed by atoms with Gasteiger partial charge in [0.25, 0.3) is 0 Å². The Morgan fingerprint density at radius 1 is 1.35 bits per heavy atom. The van der Waals surface area contributed by atoms with Crippen molar-refractivity contribution >= 4 is 20.6 Å². The summed E-state index contributed by atoms with van der Waals surface area (Å²) in [6.45, 7) is 3.30. The second-order valence-electron chi connectivity index (χ2n) is 3.41. The highest BCUT2D eigenvalue weighted by atomic mass is 32.2. The fourth-order valence-electron chi connectivity index (χ4n) is 1.55. The van der Waals surface area contributed by atoms with Crippen molar-refractivity contribution in [2.75, 3.05) is 7.11 Å². The number of sulfone groups is 1. The summed E-state index contributed by atoms with van der Waals surface area (Å²) in [5.74, 6) is 0.589. The topological polar surface area (TPSA) is 56.3 Å². The Morgan fingerprint density at radius 2 is 2.12 bits per heavy atom. The monoisotopic (exact) mass is 249 g/mol. The van der Waals surface area contributed by atoms with Crippen LogP contribution in [0.3, 0.4) is 0 Å². The molecule has 0 unspecified atom stereocenters. The zero-order valence-electron chi connectivity index (χ0n) is 9.25. The van der Waals surface area contributed by atoms with Crippen LogP contribution in [0.1, 0.15) is 0 Å². The van der Waals surface area contributed by atoms with Crippen LogP contribution in [0.25, 0.3) is 10.8 Å². The van der Waals surface area contributed by atoms with Crippen LogP contribution in [-0.2, 0) is 9.84 Å². The largest absolute Gasteiger partial charge is 0.497 e. The molecule has 0 aliphatic carbocycles. The molecule has 0 saturated carbocycles. The summed E-state index contributed by atoms with van der Waals surface area (Å²) in [4.78, 5) is 3.91. The van der Waals surface area contributed by atoms with Crippen molar-refractivity contribution in [3.63, 3.8) is 0 Å². The molecule has 0 aliphatic heterocycles. The van der Waals surface area contributed by atoms with Crippen LogP contribution < -0.4 is 4.74 Å². The van der Waals surface area contributed by atoms with Crippen molar-refractivity contribution in [1.82, 2.24) is 4.98 Å². The van der Waals surface area contributed by atoms with E-state index in [2.05, 4.69) is 11.6 Å². The van der Waals surface area contributed by atoms with Gasteiger partial charge in [0.15, 0.2) is 5.03 Å². The molecule has 0 spiro atoms. The molecule has 0 radical (unpaired) electrons. The molecule has 0 atom stereocenters. The number of ether oxygens (including phenoxy) is 1. The average Bonchev–Trinajstić information content (AvgIpc) is 2.37. The Morgan fingerprint density at radius 3 is 2.76 bits per heavy atom. The number of hydrogen-bond donors (Lipinski definition) is 0. The molecular formula is C12H11NO3S. The molecule has 17 heavy (non-hydrogen) atoms. The zero-order valence-corrected chi connectivity index (χ0v) is 10.1. The quantitative estimate of drug-likeness (QED) is 0.836. The van der Waals surface area contributed by atoms with Gasteiger partial charge in [-0.2, -0.15) is 0 Å². The van der Waals surface area contributed by atoms with Crippen LogP contribution in [0.2, 0.25) is 0 Å². The molecule has 0 amide bonds. The van der Waals surface area contributed by atoms with Gasteiger partial charge < -0.3 is 4.74 Å². The highest BCUT2D eigenvalue weighted by Crippen LogP contribution is 2.26. The van der Waals surface area contributed by atoms with Gasteiger partial charge in [-0.05, 0) is 23.6 Å². The smallest absolute Gasteiger partial charge is 0.217 e. The van der Waals surface area contributed by atoms with Crippen LogP contribution >= 0.6 is 0 Å². The predicted molar refractivity (Wildman–Crippen MR) is 65.7 cm³/mol. The van der Waals surface area contributed by atoms with Crippen LogP contribution in [0.4, 0.5) is 0 Å². The van der Waals surface area contributed by atoms with Gasteiger partial charge in [-0.25, -0.2) is 13.4 Å². The number of aromatic nitrogens is 1. The lowest BCUT2D eigenvalue weighted by atomic mass is 10.2. The highest BCUT2D eigenvalue weighted by molar-refractivity contribution is 7.94. The summed E-state index contributed by atoms with van der Waals surface area (Å²) in [6.07, 6.45) is 1.46. The van der Waals surface area contributed by atoms with Crippen LogP contribution in [-0.4, -0.2) is 20.5 Å². The molecule has 0 saturated heterocycles. The molecule has 0 N–H and O–H groups in total. The summed E-state index contributed by atoms with van der Waals surface area (Å²) in [6, 6.07) is 6.96. The minimum Gasteiger partial charge on any atom is -0.497 e. The van der Waals surface area contributed by atoms with E-state index in [1.807, 2.05) is 0 Å². The molecule has 0 aliphatic rings. The van der Waals surface area contributed by atoms with E-state index in [4.69, 9.17) is 4.74 Å². The minimum atomic E-state index is -3.55. The third-order valence-corrected chi connectivity index (χ3v) is 3.73. The van der Waals surface area contributed by atoms with E-state index < -0.39 is 9.84 Å². The molecule has 1 aromatic heterocycles. The van der Waals surface area contributed by atoms with Crippen molar-refractivity contribution in [2.24, 2.45) is 0 Å². The van der Waals surface area contributed by atoms with Gasteiger partial charge in [-0.3, -0.25) is 0 Å². The van der Waals surface area contributed by atoms with Crippen molar-refractivity contribution in [3.8, 4) is 5.75 Å². The number of methoxy groups -OCH3 is 1. The van der Waals surface area contributed by atoms with Gasteiger partial charge in [-0.1, -0.05) is 12.6 Å². The maximum absolute atomic E-state index is 11.8. The number of pyridine rings is 1. The standard InChI is InChI=1S/C12H11NO3S/c1-3-17(14,15)12-11-8-10(16-2)5-4-9(11)6-7-13-12/h3-8H,1H2,2H3. The van der Waals surface area contributed by atoms with Gasteiger partial charge in [0.1, 0.15) is 5.75 Å². The molecule has 0 bridgehead atoms. The second kappa shape index (κ2) is 4.18. The first kappa shape index (κ1) is 11.6. The fraction of sp³-hybridized carbons (Fsp3) is 0.0833. The third-order valence-electron chi connectivity index (χ3n) is 2.43. The number of fused-ring (bicyclic) bond motifs is 1. The highest BCUT2D eigenvalue weighted by Gasteiger charge is 2.15. The number of nitrogens with zero attached hydrogens (tertiary/aromatic N) is 1. The lowest BCUT2D eigenvalue weighted by Gasteiger charge is -2.06. The van der Waals surface area contributed by atoms with Crippen LogP contribution in [0.15, 0.2) is 47.5 Å². The van der Waals surface area contributed by atoms with E-state index in [0.29, 0.717) is 11.1 Å². The Kier molecular flexibility index (Phi) is 2.85. The van der Waals surface area contributed by atoms with Crippen LogP contribution in [0.5, 0.6) is 5.75 Å². The lowest BCUT2D eigenvalue weighted by molar-refractivity contribution is 0.415. The van der Waals surface area contributed by atoms with Crippen molar-refractivity contribution in [2.45, 2.75) is 5.03 Å². The normalized spacial score (nSPS) is 11.4. The summed E-state index contributed by atoms with van der Waals surface area (Å²) in [5, 5.41) is 2.23. The number of rotatable bonds is 3. The lowest BCUT2D eigenvalue weighted by Crippen LogP contribution is -2.00. The predicted octanol–water partition coefficient (Wildman–Crippen LogP) is 2.16. The number of hydrogen-bond acceptors (Lipinski definition) is 4. The Balaban J connectivity index is 2.84. The average molecular weight is 249 g/mol. The second-order valence-corrected chi connectivity index (χ2v) is 5.22. The van der Waals surface area contributed by atoms with E-state index in [1.165, 1.54) is 13.3 Å². The first-order chi connectivity index (χ1) is 8.08. The first-order valence-electron chi connectivity index (χ1n) is 4.89. The Labute approximate surface area is 99.5 Å². The van der Waals surface area contributed by atoms with E-state index in [0.717, 1.165) is 10.8 Å². The van der Waals surface area contributed by atoms with Gasteiger partial charge in [0.2, 0.25) is 9.84 Å². The summed E-state index contributed by atoms with van der Waals surface area (Å²) in [5.41, 5.74) is 0. The number of benzene rings is 1. The third kappa shape index (κ3) is 2.01. The molecule has 0 fully saturated rings. The summed E-state index contributed by atoms with van der Waals surface area (Å²) >= 11 is 0. The van der Waals surface area contributed by atoms with E-state index in [9.17, 15) is 8.42 Å². The van der Waals surface area contributed by atoms with E-state index >= 15 is 0 Å².